The Morgan fingerprint density at radius 1 is 1.61 bits per heavy atom. The van der Waals surface area contributed by atoms with Gasteiger partial charge in [-0.05, 0) is 11.5 Å². The molecule has 1 saturated heterocycles. The molecule has 0 atom stereocenters. The molecule has 0 saturated carbocycles. The molecule has 0 unspecified atom stereocenters. The first-order valence-electron chi connectivity index (χ1n) is 5.63. The van der Waals surface area contributed by atoms with Crippen LogP contribution in [0.1, 0.15) is 18.4 Å². The third-order valence-corrected chi connectivity index (χ3v) is 4.35. The van der Waals surface area contributed by atoms with E-state index < -0.39 is 0 Å². The lowest BCUT2D eigenvalue weighted by molar-refractivity contribution is -0.0806. The molecule has 1 aromatic rings. The summed E-state index contributed by atoms with van der Waals surface area (Å²) < 4.78 is 14.9. The minimum atomic E-state index is -0.235. The van der Waals surface area contributed by atoms with Crippen LogP contribution in [0, 0.1) is 11.3 Å². The van der Waals surface area contributed by atoms with Crippen molar-refractivity contribution in [2.75, 3.05) is 32.2 Å². The zero-order valence-electron chi connectivity index (χ0n) is 10.0. The Morgan fingerprint density at radius 3 is 2.94 bits per heavy atom. The molecule has 0 aromatic carbocycles. The van der Waals surface area contributed by atoms with E-state index >= 15 is 0 Å². The number of hydrogen-bond acceptors (Lipinski definition) is 6. The highest BCUT2D eigenvalue weighted by Crippen LogP contribution is 2.30. The zero-order valence-corrected chi connectivity index (χ0v) is 11.6. The first-order valence-corrected chi connectivity index (χ1v) is 6.78. The number of halogens is 1. The Labute approximate surface area is 115 Å². The van der Waals surface area contributed by atoms with Gasteiger partial charge in [-0.2, -0.15) is 9.64 Å². The third kappa shape index (κ3) is 2.75. The Kier molecular flexibility index (Phi) is 4.40. The SMILES string of the molecule is COC1(CNc2snc(Cl)c2C#N)CCOCC1. The van der Waals surface area contributed by atoms with E-state index in [1.54, 1.807) is 7.11 Å². The van der Waals surface area contributed by atoms with Crippen LogP contribution >= 0.6 is 23.1 Å². The zero-order chi connectivity index (χ0) is 13.0. The lowest BCUT2D eigenvalue weighted by Crippen LogP contribution is -2.44. The third-order valence-electron chi connectivity index (χ3n) is 3.17. The van der Waals surface area contributed by atoms with Gasteiger partial charge in [0.25, 0.3) is 0 Å². The molecule has 1 N–H and O–H groups in total. The van der Waals surface area contributed by atoms with Gasteiger partial charge in [0.15, 0.2) is 5.15 Å². The van der Waals surface area contributed by atoms with E-state index in [2.05, 4.69) is 15.8 Å². The average Bonchev–Trinajstić information content (AvgIpc) is 2.78. The number of nitrogens with one attached hydrogen (secondary N) is 1. The van der Waals surface area contributed by atoms with Gasteiger partial charge in [0.1, 0.15) is 16.6 Å². The maximum atomic E-state index is 8.99. The van der Waals surface area contributed by atoms with Crippen LogP contribution in [0.5, 0.6) is 0 Å². The topological polar surface area (TPSA) is 67.2 Å². The van der Waals surface area contributed by atoms with Gasteiger partial charge in [0.2, 0.25) is 0 Å². The molecular weight excluding hydrogens is 274 g/mol. The van der Waals surface area contributed by atoms with Crippen molar-refractivity contribution in [1.29, 1.82) is 5.26 Å². The molecule has 1 aliphatic rings. The molecule has 7 heteroatoms. The number of nitrogens with zero attached hydrogens (tertiary/aromatic N) is 2. The van der Waals surface area contributed by atoms with Crippen LogP contribution in [-0.2, 0) is 9.47 Å². The Bertz CT molecular complexity index is 452. The molecule has 1 aliphatic heterocycles. The number of nitriles is 1. The van der Waals surface area contributed by atoms with E-state index in [0.717, 1.165) is 12.8 Å². The first kappa shape index (κ1) is 13.6. The van der Waals surface area contributed by atoms with Gasteiger partial charge < -0.3 is 14.8 Å². The van der Waals surface area contributed by atoms with Crippen molar-refractivity contribution in [2.24, 2.45) is 0 Å². The summed E-state index contributed by atoms with van der Waals surface area (Å²) in [4.78, 5) is 0. The van der Waals surface area contributed by atoms with Crippen molar-refractivity contribution in [1.82, 2.24) is 4.37 Å². The van der Waals surface area contributed by atoms with E-state index in [0.29, 0.717) is 30.3 Å². The van der Waals surface area contributed by atoms with Crippen LogP contribution in [0.25, 0.3) is 0 Å². The fourth-order valence-corrected chi connectivity index (χ4v) is 2.86. The second-order valence-corrected chi connectivity index (χ2v) is 5.27. The van der Waals surface area contributed by atoms with E-state index in [-0.39, 0.29) is 10.8 Å². The number of rotatable bonds is 4. The van der Waals surface area contributed by atoms with Crippen molar-refractivity contribution in [3.05, 3.63) is 10.7 Å². The van der Waals surface area contributed by atoms with E-state index in [9.17, 15) is 0 Å². The van der Waals surface area contributed by atoms with Gasteiger partial charge in [-0.15, -0.1) is 0 Å². The number of hydrogen-bond donors (Lipinski definition) is 1. The van der Waals surface area contributed by atoms with Crippen molar-refractivity contribution in [3.8, 4) is 6.07 Å². The standard InChI is InChI=1S/C11H14ClN3O2S/c1-16-11(2-4-17-5-3-11)7-14-10-8(6-13)9(12)15-18-10/h14H,2-5,7H2,1H3. The maximum Gasteiger partial charge on any atom is 0.162 e. The van der Waals surface area contributed by atoms with Gasteiger partial charge in [0, 0.05) is 39.7 Å². The normalized spacial score (nSPS) is 18.3. The van der Waals surface area contributed by atoms with Crippen molar-refractivity contribution >= 4 is 28.1 Å². The quantitative estimate of drug-likeness (QED) is 0.920. The summed E-state index contributed by atoms with van der Waals surface area (Å²) in [5, 5.41) is 13.2. The smallest absolute Gasteiger partial charge is 0.162 e. The minimum Gasteiger partial charge on any atom is -0.381 e. The molecule has 2 heterocycles. The Balaban J connectivity index is 2.03. The molecule has 1 fully saturated rings. The summed E-state index contributed by atoms with van der Waals surface area (Å²) in [7, 11) is 1.71. The molecule has 0 radical (unpaired) electrons. The van der Waals surface area contributed by atoms with Crippen LogP contribution in [0.3, 0.4) is 0 Å². The number of ether oxygens (including phenoxy) is 2. The van der Waals surface area contributed by atoms with Gasteiger partial charge in [-0.25, -0.2) is 0 Å². The summed E-state index contributed by atoms with van der Waals surface area (Å²) >= 11 is 7.02. The number of anilines is 1. The van der Waals surface area contributed by atoms with Gasteiger partial charge in [-0.3, -0.25) is 0 Å². The summed E-state index contributed by atoms with van der Waals surface area (Å²) in [6.45, 7) is 2.02. The van der Waals surface area contributed by atoms with E-state index in [4.69, 9.17) is 26.3 Å². The van der Waals surface area contributed by atoms with Gasteiger partial charge in [0.05, 0.1) is 5.60 Å². The summed E-state index contributed by atoms with van der Waals surface area (Å²) in [6, 6.07) is 2.05. The van der Waals surface area contributed by atoms with Crippen molar-refractivity contribution < 1.29 is 9.47 Å². The fourth-order valence-electron chi connectivity index (χ4n) is 1.93. The second kappa shape index (κ2) is 5.85. The number of aromatic nitrogens is 1. The molecule has 1 aromatic heterocycles. The lowest BCUT2D eigenvalue weighted by atomic mass is 9.94. The van der Waals surface area contributed by atoms with Crippen LogP contribution in [-0.4, -0.2) is 36.8 Å². The van der Waals surface area contributed by atoms with Crippen LogP contribution < -0.4 is 5.32 Å². The highest BCUT2D eigenvalue weighted by atomic mass is 35.5. The second-order valence-electron chi connectivity index (χ2n) is 4.14. The fraction of sp³-hybridized carbons (Fsp3) is 0.636. The Morgan fingerprint density at radius 2 is 2.33 bits per heavy atom. The molecular formula is C11H14ClN3O2S. The van der Waals surface area contributed by atoms with Crippen LogP contribution in [0.15, 0.2) is 0 Å². The molecule has 0 bridgehead atoms. The van der Waals surface area contributed by atoms with Crippen molar-refractivity contribution in [3.63, 3.8) is 0 Å². The molecule has 0 amide bonds. The van der Waals surface area contributed by atoms with Crippen LogP contribution in [0.4, 0.5) is 5.00 Å². The molecule has 2 rings (SSSR count). The first-order chi connectivity index (χ1) is 8.71. The predicted octanol–water partition coefficient (Wildman–Crippen LogP) is 2.28. The summed E-state index contributed by atoms with van der Waals surface area (Å²) in [5.41, 5.74) is 0.168. The monoisotopic (exact) mass is 287 g/mol. The highest BCUT2D eigenvalue weighted by molar-refractivity contribution is 7.10. The number of methoxy groups -OCH3 is 1. The molecule has 18 heavy (non-hydrogen) atoms. The minimum absolute atomic E-state index is 0.235. The summed E-state index contributed by atoms with van der Waals surface area (Å²) in [5.74, 6) is 0. The molecule has 0 aliphatic carbocycles. The van der Waals surface area contributed by atoms with Gasteiger partial charge >= 0.3 is 0 Å². The highest BCUT2D eigenvalue weighted by Gasteiger charge is 2.32. The van der Waals surface area contributed by atoms with E-state index in [1.165, 1.54) is 11.5 Å². The predicted molar refractivity (Wildman–Crippen MR) is 70.1 cm³/mol. The van der Waals surface area contributed by atoms with Crippen molar-refractivity contribution in [2.45, 2.75) is 18.4 Å². The molecule has 5 nitrogen and oxygen atoms in total. The van der Waals surface area contributed by atoms with Crippen LogP contribution in [0.2, 0.25) is 5.15 Å². The maximum absolute atomic E-state index is 8.99. The average molecular weight is 288 g/mol. The molecule has 0 spiro atoms. The lowest BCUT2D eigenvalue weighted by Gasteiger charge is -2.36. The van der Waals surface area contributed by atoms with Gasteiger partial charge in [-0.1, -0.05) is 11.6 Å². The molecule has 98 valence electrons. The largest absolute Gasteiger partial charge is 0.381 e. The Hall–Kier alpha value is -0.870. The van der Waals surface area contributed by atoms with E-state index in [1.807, 2.05) is 0 Å². The summed E-state index contributed by atoms with van der Waals surface area (Å²) in [6.07, 6.45) is 1.68.